The number of pyridine rings is 1. The van der Waals surface area contributed by atoms with Crippen LogP contribution in [0.15, 0.2) is 65.8 Å². The summed E-state index contributed by atoms with van der Waals surface area (Å²) in [5.41, 5.74) is 0.121. The van der Waals surface area contributed by atoms with E-state index < -0.39 is 48.3 Å². The van der Waals surface area contributed by atoms with Gasteiger partial charge in [-0.3, -0.25) is 19.1 Å². The lowest BCUT2D eigenvalue weighted by Crippen LogP contribution is -2.53. The Bertz CT molecular complexity index is 1300. The fourth-order valence-corrected chi connectivity index (χ4v) is 3.58. The van der Waals surface area contributed by atoms with E-state index in [1.54, 1.807) is 54.9 Å². The maximum absolute atomic E-state index is 13.3. The number of aromatic nitrogens is 3. The van der Waals surface area contributed by atoms with Crippen molar-refractivity contribution in [3.05, 3.63) is 77.0 Å². The van der Waals surface area contributed by atoms with E-state index in [1.807, 2.05) is 0 Å². The number of nitrogens with one attached hydrogen (secondary N) is 3. The van der Waals surface area contributed by atoms with E-state index in [1.165, 1.54) is 13.8 Å². The highest BCUT2D eigenvalue weighted by molar-refractivity contribution is 5.89. The number of hydrogen-bond acceptors (Lipinski definition) is 6. The highest BCUT2D eigenvalue weighted by Crippen LogP contribution is 2.25. The second kappa shape index (κ2) is 12.3. The number of carbonyl (C=O) groups is 2. The molecule has 38 heavy (non-hydrogen) atoms. The number of rotatable bonds is 9. The van der Waals surface area contributed by atoms with Crippen molar-refractivity contribution < 1.29 is 27.9 Å². The maximum atomic E-state index is 13.3. The second-order valence-electron chi connectivity index (χ2n) is 8.75. The van der Waals surface area contributed by atoms with E-state index in [2.05, 4.69) is 25.9 Å². The molecule has 0 radical (unpaired) electrons. The molecule has 0 fully saturated rings. The molecule has 0 aliphatic rings. The van der Waals surface area contributed by atoms with Gasteiger partial charge >= 0.3 is 12.2 Å². The summed E-state index contributed by atoms with van der Waals surface area (Å²) < 4.78 is 40.3. The van der Waals surface area contributed by atoms with Crippen molar-refractivity contribution in [1.29, 1.82) is 0 Å². The monoisotopic (exact) mass is 532 g/mol. The molecule has 202 valence electrons. The molecule has 3 rings (SSSR count). The SMILES string of the molecule is CC(C)C(NC(=O)Cn1c(-c2ccccc2)ncc(NC(=O)NCc2cccnc2)c1=O)C(O)C(F)(F)F. The van der Waals surface area contributed by atoms with Crippen molar-refractivity contribution in [2.45, 2.75) is 45.3 Å². The fourth-order valence-electron chi connectivity index (χ4n) is 3.58. The van der Waals surface area contributed by atoms with Gasteiger partial charge in [0.2, 0.25) is 5.91 Å². The van der Waals surface area contributed by atoms with E-state index in [0.717, 1.165) is 16.3 Å². The van der Waals surface area contributed by atoms with E-state index in [4.69, 9.17) is 0 Å². The van der Waals surface area contributed by atoms with Gasteiger partial charge in [0.15, 0.2) is 6.10 Å². The molecule has 0 spiro atoms. The molecule has 2 atom stereocenters. The number of anilines is 1. The number of nitrogens with zero attached hydrogens (tertiary/aromatic N) is 3. The van der Waals surface area contributed by atoms with Crippen LogP contribution < -0.4 is 21.5 Å². The van der Waals surface area contributed by atoms with Gasteiger partial charge in [-0.1, -0.05) is 50.2 Å². The first-order chi connectivity index (χ1) is 18.0. The van der Waals surface area contributed by atoms with Crippen LogP contribution in [0.3, 0.4) is 0 Å². The Morgan fingerprint density at radius 2 is 1.79 bits per heavy atom. The normalized spacial score (nSPS) is 13.0. The summed E-state index contributed by atoms with van der Waals surface area (Å²) in [4.78, 5) is 46.6. The number of amides is 3. The Kier molecular flexibility index (Phi) is 9.18. The molecule has 0 aliphatic heterocycles. The predicted molar refractivity (Wildman–Crippen MR) is 133 cm³/mol. The number of aliphatic hydroxyl groups is 1. The summed E-state index contributed by atoms with van der Waals surface area (Å²) in [5.74, 6) is -1.66. The van der Waals surface area contributed by atoms with Gasteiger partial charge in [-0.05, 0) is 17.5 Å². The van der Waals surface area contributed by atoms with Gasteiger partial charge in [-0.15, -0.1) is 0 Å². The molecule has 0 aliphatic carbocycles. The number of hydrogen-bond donors (Lipinski definition) is 4. The van der Waals surface area contributed by atoms with Gasteiger partial charge < -0.3 is 21.1 Å². The van der Waals surface area contributed by atoms with Crippen molar-refractivity contribution in [2.75, 3.05) is 5.32 Å². The van der Waals surface area contributed by atoms with Crippen molar-refractivity contribution in [3.63, 3.8) is 0 Å². The van der Waals surface area contributed by atoms with Gasteiger partial charge in [-0.2, -0.15) is 13.2 Å². The third kappa shape index (κ3) is 7.38. The number of halogens is 3. The van der Waals surface area contributed by atoms with Gasteiger partial charge in [-0.25, -0.2) is 9.78 Å². The molecule has 0 saturated carbocycles. The predicted octanol–water partition coefficient (Wildman–Crippen LogP) is 2.69. The molecule has 3 aromatic rings. The first-order valence-corrected chi connectivity index (χ1v) is 11.6. The number of benzene rings is 1. The fraction of sp³-hybridized carbons (Fsp3) is 0.320. The molecule has 2 unspecified atom stereocenters. The van der Waals surface area contributed by atoms with Crippen LogP contribution in [0.5, 0.6) is 0 Å². The lowest BCUT2D eigenvalue weighted by atomic mass is 9.98. The van der Waals surface area contributed by atoms with Gasteiger partial charge in [0.05, 0.1) is 12.2 Å². The summed E-state index contributed by atoms with van der Waals surface area (Å²) in [5, 5.41) is 16.8. The van der Waals surface area contributed by atoms with Gasteiger partial charge in [0, 0.05) is 24.5 Å². The minimum absolute atomic E-state index is 0.0598. The molecule has 2 heterocycles. The largest absolute Gasteiger partial charge is 0.416 e. The molecule has 10 nitrogen and oxygen atoms in total. The van der Waals surface area contributed by atoms with E-state index in [-0.39, 0.29) is 18.1 Å². The molecule has 0 saturated heterocycles. The molecule has 4 N–H and O–H groups in total. The first-order valence-electron chi connectivity index (χ1n) is 11.6. The average molecular weight is 533 g/mol. The van der Waals surface area contributed by atoms with Crippen LogP contribution in [0.25, 0.3) is 11.4 Å². The molecule has 2 aromatic heterocycles. The smallest absolute Gasteiger partial charge is 0.382 e. The van der Waals surface area contributed by atoms with Crippen molar-refractivity contribution in [2.24, 2.45) is 5.92 Å². The second-order valence-corrected chi connectivity index (χ2v) is 8.75. The third-order valence-electron chi connectivity index (χ3n) is 5.53. The third-order valence-corrected chi connectivity index (χ3v) is 5.53. The maximum Gasteiger partial charge on any atom is 0.416 e. The van der Waals surface area contributed by atoms with Crippen LogP contribution in [-0.4, -0.2) is 49.9 Å². The summed E-state index contributed by atoms with van der Waals surface area (Å²) >= 11 is 0. The van der Waals surface area contributed by atoms with Crippen LogP contribution in [0.4, 0.5) is 23.7 Å². The molecule has 3 amide bonds. The molecular weight excluding hydrogens is 505 g/mol. The van der Waals surface area contributed by atoms with Crippen LogP contribution in [0.2, 0.25) is 0 Å². The lowest BCUT2D eigenvalue weighted by molar-refractivity contribution is -0.215. The zero-order valence-corrected chi connectivity index (χ0v) is 20.6. The highest BCUT2D eigenvalue weighted by atomic mass is 19.4. The van der Waals surface area contributed by atoms with E-state index >= 15 is 0 Å². The quantitative estimate of drug-likeness (QED) is 0.334. The van der Waals surface area contributed by atoms with Crippen LogP contribution in [-0.2, 0) is 17.9 Å². The number of aliphatic hydroxyl groups excluding tert-OH is 1. The summed E-state index contributed by atoms with van der Waals surface area (Å²) in [6.45, 7) is 2.25. The minimum atomic E-state index is -4.96. The van der Waals surface area contributed by atoms with E-state index in [0.29, 0.717) is 5.56 Å². The van der Waals surface area contributed by atoms with Crippen LogP contribution in [0, 0.1) is 5.92 Å². The Balaban J connectivity index is 1.86. The standard InChI is InChI=1S/C25H27F3N6O4/c1-15(2)20(21(36)25(26,27)28)33-19(35)14-34-22(17-8-4-3-5-9-17)30-13-18(23(34)37)32-24(38)31-12-16-7-6-10-29-11-16/h3-11,13,15,20-21,36H,12,14H2,1-2H3,(H,33,35)(H2,31,32,38). The molecule has 1 aromatic carbocycles. The first kappa shape index (κ1) is 28.3. The zero-order chi connectivity index (χ0) is 27.9. The zero-order valence-electron chi connectivity index (χ0n) is 20.6. The Labute approximate surface area is 215 Å². The highest BCUT2D eigenvalue weighted by Gasteiger charge is 2.45. The van der Waals surface area contributed by atoms with E-state index in [9.17, 15) is 32.7 Å². The molecule has 0 bridgehead atoms. The average Bonchev–Trinajstić information content (AvgIpc) is 2.88. The lowest BCUT2D eigenvalue weighted by Gasteiger charge is -2.29. The van der Waals surface area contributed by atoms with Crippen molar-refractivity contribution in [1.82, 2.24) is 25.2 Å². The number of carbonyl (C=O) groups excluding carboxylic acids is 2. The summed E-state index contributed by atoms with van der Waals surface area (Å²) in [6, 6.07) is 9.43. The summed E-state index contributed by atoms with van der Waals surface area (Å²) in [6.07, 6.45) is -3.49. The Morgan fingerprint density at radius 1 is 1.08 bits per heavy atom. The number of urea groups is 1. The molecular formula is C25H27F3N6O4. The topological polar surface area (TPSA) is 138 Å². The summed E-state index contributed by atoms with van der Waals surface area (Å²) in [7, 11) is 0. The van der Waals surface area contributed by atoms with Crippen molar-refractivity contribution in [3.8, 4) is 11.4 Å². The Morgan fingerprint density at radius 3 is 2.39 bits per heavy atom. The minimum Gasteiger partial charge on any atom is -0.382 e. The van der Waals surface area contributed by atoms with Crippen LogP contribution in [0.1, 0.15) is 19.4 Å². The van der Waals surface area contributed by atoms with Gasteiger partial charge in [0.25, 0.3) is 5.56 Å². The molecule has 13 heteroatoms. The number of alkyl halides is 3. The van der Waals surface area contributed by atoms with Crippen LogP contribution >= 0.6 is 0 Å². The Hall–Kier alpha value is -4.26. The van der Waals surface area contributed by atoms with Gasteiger partial charge in [0.1, 0.15) is 18.1 Å². The van der Waals surface area contributed by atoms with Crippen molar-refractivity contribution >= 4 is 17.6 Å².